The van der Waals surface area contributed by atoms with Crippen molar-refractivity contribution in [2.24, 2.45) is 0 Å². The Balaban J connectivity index is 4.09. The van der Waals surface area contributed by atoms with Gasteiger partial charge in [-0.1, -0.05) is 249 Å². The minimum Gasteiger partial charge on any atom is -0.462 e. The van der Waals surface area contributed by atoms with Gasteiger partial charge in [-0.25, -0.2) is 0 Å². The zero-order valence-electron chi connectivity index (χ0n) is 41.8. The summed E-state index contributed by atoms with van der Waals surface area (Å²) < 4.78 is 16.7. The van der Waals surface area contributed by atoms with Gasteiger partial charge in [0.05, 0.1) is 0 Å². The van der Waals surface area contributed by atoms with Crippen LogP contribution in [0.25, 0.3) is 0 Å². The van der Waals surface area contributed by atoms with Crippen molar-refractivity contribution in [2.75, 3.05) is 13.2 Å². The van der Waals surface area contributed by atoms with Gasteiger partial charge in [-0.15, -0.1) is 0 Å². The van der Waals surface area contributed by atoms with Gasteiger partial charge in [-0.2, -0.15) is 0 Å². The lowest BCUT2D eigenvalue weighted by Crippen LogP contribution is -2.30. The van der Waals surface area contributed by atoms with Crippen LogP contribution in [0, 0.1) is 0 Å². The van der Waals surface area contributed by atoms with Crippen LogP contribution >= 0.6 is 0 Å². The quantitative estimate of drug-likeness (QED) is 0.0262. The van der Waals surface area contributed by atoms with Gasteiger partial charge in [0, 0.05) is 19.3 Å². The molecule has 0 aliphatic heterocycles. The van der Waals surface area contributed by atoms with E-state index < -0.39 is 6.10 Å². The summed E-state index contributed by atoms with van der Waals surface area (Å²) in [5.41, 5.74) is 0. The SMILES string of the molecule is CC/C=C\C/C=C\C/C=C\C/C=C\CCCCCCCCCCCCCCC(=O)OCC(COC(=O)CCCCCCCC)OC(=O)CCCCCCCCCCCCCCCC. The van der Waals surface area contributed by atoms with E-state index in [1.165, 1.54) is 154 Å². The number of carbonyl (C=O) groups excluding carboxylic acids is 3. The van der Waals surface area contributed by atoms with Gasteiger partial charge in [0.1, 0.15) is 13.2 Å². The molecule has 63 heavy (non-hydrogen) atoms. The second kappa shape index (κ2) is 52.0. The summed E-state index contributed by atoms with van der Waals surface area (Å²) in [7, 11) is 0. The molecule has 0 aromatic rings. The summed E-state index contributed by atoms with van der Waals surface area (Å²) in [6.45, 7) is 6.49. The molecule has 0 fully saturated rings. The molecule has 6 heteroatoms. The van der Waals surface area contributed by atoms with Crippen LogP contribution in [0.4, 0.5) is 0 Å². The molecule has 0 amide bonds. The number of carbonyl (C=O) groups is 3. The smallest absolute Gasteiger partial charge is 0.306 e. The van der Waals surface area contributed by atoms with E-state index in [0.717, 1.165) is 83.5 Å². The Morgan fingerprint density at radius 3 is 0.968 bits per heavy atom. The monoisotopic (exact) mass is 883 g/mol. The average molecular weight is 883 g/mol. The van der Waals surface area contributed by atoms with Crippen molar-refractivity contribution in [2.45, 2.75) is 284 Å². The van der Waals surface area contributed by atoms with Crippen LogP contribution in [0.5, 0.6) is 0 Å². The number of hydrogen-bond acceptors (Lipinski definition) is 6. The van der Waals surface area contributed by atoms with E-state index in [4.69, 9.17) is 14.2 Å². The third kappa shape index (κ3) is 50.2. The molecule has 1 unspecified atom stereocenters. The topological polar surface area (TPSA) is 78.9 Å². The third-order valence-corrected chi connectivity index (χ3v) is 11.8. The predicted octanol–water partition coefficient (Wildman–Crippen LogP) is 17.9. The molecule has 0 bridgehead atoms. The first kappa shape index (κ1) is 60.4. The highest BCUT2D eigenvalue weighted by Crippen LogP contribution is 2.16. The molecule has 0 saturated carbocycles. The number of unbranched alkanes of at least 4 members (excludes halogenated alkanes) is 30. The van der Waals surface area contributed by atoms with E-state index in [0.29, 0.717) is 19.3 Å². The van der Waals surface area contributed by atoms with Gasteiger partial charge >= 0.3 is 17.9 Å². The first-order valence-corrected chi connectivity index (χ1v) is 27.1. The van der Waals surface area contributed by atoms with Crippen molar-refractivity contribution >= 4 is 17.9 Å². The molecule has 0 radical (unpaired) electrons. The van der Waals surface area contributed by atoms with E-state index in [2.05, 4.69) is 69.4 Å². The summed E-state index contributed by atoms with van der Waals surface area (Å²) >= 11 is 0. The molecular formula is C57H102O6. The Morgan fingerprint density at radius 1 is 0.333 bits per heavy atom. The summed E-state index contributed by atoms with van der Waals surface area (Å²) in [6.07, 6.45) is 62.7. The highest BCUT2D eigenvalue weighted by molar-refractivity contribution is 5.71. The Morgan fingerprint density at radius 2 is 0.619 bits per heavy atom. The number of ether oxygens (including phenoxy) is 3. The maximum absolute atomic E-state index is 12.7. The third-order valence-electron chi connectivity index (χ3n) is 11.8. The van der Waals surface area contributed by atoms with Gasteiger partial charge < -0.3 is 14.2 Å². The van der Waals surface area contributed by atoms with Crippen LogP contribution in [0.15, 0.2) is 48.6 Å². The summed E-state index contributed by atoms with van der Waals surface area (Å²) in [5.74, 6) is -0.871. The molecule has 0 aliphatic rings. The fourth-order valence-electron chi connectivity index (χ4n) is 7.79. The summed E-state index contributed by atoms with van der Waals surface area (Å²) in [6, 6.07) is 0. The maximum Gasteiger partial charge on any atom is 0.306 e. The van der Waals surface area contributed by atoms with Gasteiger partial charge in [0.2, 0.25) is 0 Å². The fraction of sp³-hybridized carbons (Fsp3) is 0.807. The lowest BCUT2D eigenvalue weighted by Gasteiger charge is -2.18. The van der Waals surface area contributed by atoms with Crippen molar-refractivity contribution < 1.29 is 28.6 Å². The van der Waals surface area contributed by atoms with Crippen LogP contribution in [-0.4, -0.2) is 37.2 Å². The predicted molar refractivity (Wildman–Crippen MR) is 270 cm³/mol. The Hall–Kier alpha value is -2.63. The summed E-state index contributed by atoms with van der Waals surface area (Å²) in [4.78, 5) is 37.8. The van der Waals surface area contributed by atoms with E-state index in [1.807, 2.05) is 0 Å². The second-order valence-corrected chi connectivity index (χ2v) is 18.1. The van der Waals surface area contributed by atoms with Crippen molar-refractivity contribution in [3.05, 3.63) is 48.6 Å². The maximum atomic E-state index is 12.7. The van der Waals surface area contributed by atoms with Gasteiger partial charge in [0.25, 0.3) is 0 Å². The summed E-state index contributed by atoms with van der Waals surface area (Å²) in [5, 5.41) is 0. The number of allylic oxidation sites excluding steroid dienone is 8. The van der Waals surface area contributed by atoms with Crippen molar-refractivity contribution in [3.8, 4) is 0 Å². The van der Waals surface area contributed by atoms with Gasteiger partial charge in [0.15, 0.2) is 6.10 Å². The number of esters is 3. The van der Waals surface area contributed by atoms with Gasteiger partial charge in [-0.3, -0.25) is 14.4 Å². The minimum atomic E-state index is -0.766. The molecule has 0 saturated heterocycles. The molecule has 1 atom stereocenters. The van der Waals surface area contributed by atoms with Crippen molar-refractivity contribution in [1.29, 1.82) is 0 Å². The molecule has 0 aliphatic carbocycles. The van der Waals surface area contributed by atoms with E-state index in [-0.39, 0.29) is 31.1 Å². The van der Waals surface area contributed by atoms with Crippen LogP contribution in [0.2, 0.25) is 0 Å². The molecule has 366 valence electrons. The lowest BCUT2D eigenvalue weighted by atomic mass is 10.0. The van der Waals surface area contributed by atoms with Crippen LogP contribution in [0.3, 0.4) is 0 Å². The number of hydrogen-bond donors (Lipinski definition) is 0. The Bertz CT molecular complexity index is 1110. The normalized spacial score (nSPS) is 12.4. The first-order chi connectivity index (χ1) is 31.0. The Kier molecular flexibility index (Phi) is 49.8. The fourth-order valence-corrected chi connectivity index (χ4v) is 7.79. The van der Waals surface area contributed by atoms with E-state index in [1.54, 1.807) is 0 Å². The van der Waals surface area contributed by atoms with Crippen LogP contribution < -0.4 is 0 Å². The zero-order chi connectivity index (χ0) is 45.8. The lowest BCUT2D eigenvalue weighted by molar-refractivity contribution is -0.167. The molecule has 6 nitrogen and oxygen atoms in total. The largest absolute Gasteiger partial charge is 0.462 e. The molecule has 0 spiro atoms. The highest BCUT2D eigenvalue weighted by atomic mass is 16.6. The number of rotatable bonds is 49. The standard InChI is InChI=1S/C57H102O6/c1-4-7-10-13-16-18-20-22-24-25-26-27-28-29-30-31-32-33-34-36-37-39-41-44-47-50-56(59)62-53-54(52-61-55(58)49-46-43-15-12-9-6-3)63-57(60)51-48-45-42-40-38-35-23-21-19-17-14-11-8-5-2/h7,10,16,18,22,24,26-27,54H,4-6,8-9,11-15,17,19-21,23,25,28-53H2,1-3H3/b10-7-,18-16-,24-22-,27-26-. The molecule has 0 aromatic heterocycles. The van der Waals surface area contributed by atoms with Crippen molar-refractivity contribution in [1.82, 2.24) is 0 Å². The molecule has 0 aromatic carbocycles. The van der Waals surface area contributed by atoms with E-state index in [9.17, 15) is 14.4 Å². The Labute approximate surface area is 390 Å². The van der Waals surface area contributed by atoms with E-state index >= 15 is 0 Å². The van der Waals surface area contributed by atoms with Gasteiger partial charge in [-0.05, 0) is 57.8 Å². The van der Waals surface area contributed by atoms with Crippen LogP contribution in [-0.2, 0) is 28.6 Å². The molecule has 0 heterocycles. The molecule has 0 rings (SSSR count). The second-order valence-electron chi connectivity index (χ2n) is 18.1. The highest BCUT2D eigenvalue weighted by Gasteiger charge is 2.19. The van der Waals surface area contributed by atoms with Crippen LogP contribution in [0.1, 0.15) is 278 Å². The minimum absolute atomic E-state index is 0.0703. The molecule has 0 N–H and O–H groups in total. The first-order valence-electron chi connectivity index (χ1n) is 27.1. The zero-order valence-corrected chi connectivity index (χ0v) is 41.8. The van der Waals surface area contributed by atoms with Crippen molar-refractivity contribution in [3.63, 3.8) is 0 Å². The average Bonchev–Trinajstić information content (AvgIpc) is 3.28. The molecular weight excluding hydrogens is 781 g/mol.